The van der Waals surface area contributed by atoms with E-state index in [0.29, 0.717) is 24.0 Å². The predicted octanol–water partition coefficient (Wildman–Crippen LogP) is 3.16. The molecular formula is C23H33N5O3. The van der Waals surface area contributed by atoms with Crippen molar-refractivity contribution in [2.75, 3.05) is 38.5 Å². The summed E-state index contributed by atoms with van der Waals surface area (Å²) in [6.45, 7) is 2.42. The first-order chi connectivity index (χ1) is 14.9. The van der Waals surface area contributed by atoms with Gasteiger partial charge in [-0.2, -0.15) is 4.98 Å². The van der Waals surface area contributed by atoms with Crippen LogP contribution in [0, 0.1) is 12.8 Å². The number of carbonyl (C=O) groups excluding carboxylic acids is 1. The number of benzene rings is 1. The van der Waals surface area contributed by atoms with E-state index in [0.717, 1.165) is 42.8 Å². The van der Waals surface area contributed by atoms with Gasteiger partial charge in [0.2, 0.25) is 11.9 Å². The average molecular weight is 428 g/mol. The Labute approximate surface area is 184 Å². The third kappa shape index (κ3) is 6.23. The molecule has 1 heterocycles. The van der Waals surface area contributed by atoms with Gasteiger partial charge in [-0.15, -0.1) is 0 Å². The van der Waals surface area contributed by atoms with Crippen molar-refractivity contribution in [1.82, 2.24) is 15.3 Å². The summed E-state index contributed by atoms with van der Waals surface area (Å²) in [5, 5.41) is 6.51. The highest BCUT2D eigenvalue weighted by Gasteiger charge is 2.26. The lowest BCUT2D eigenvalue weighted by Gasteiger charge is -2.28. The maximum Gasteiger partial charge on any atom is 0.225 e. The second kappa shape index (κ2) is 10.3. The van der Waals surface area contributed by atoms with Crippen LogP contribution in [0.1, 0.15) is 36.9 Å². The fourth-order valence-electron chi connectivity index (χ4n) is 3.83. The number of rotatable bonds is 8. The highest BCUT2D eigenvalue weighted by Crippen LogP contribution is 2.27. The van der Waals surface area contributed by atoms with Crippen molar-refractivity contribution in [1.29, 1.82) is 0 Å². The molecule has 0 spiro atoms. The molecule has 31 heavy (non-hydrogen) atoms. The Morgan fingerprint density at radius 1 is 1.03 bits per heavy atom. The average Bonchev–Trinajstić information content (AvgIpc) is 2.77. The maximum atomic E-state index is 12.7. The first-order valence-electron chi connectivity index (χ1n) is 10.7. The minimum Gasteiger partial charge on any atom is -0.497 e. The standard InChI is InChI=1S/C23H33N5O3/c1-15-10-21(28(2)3)27-23(25-15)26-18-8-6-17(7-9-18)22(29)24-14-16-11-19(30-4)13-20(12-16)31-5/h10-13,17-18H,6-9,14H2,1-5H3,(H,24,29)(H,25,26,27)/t17-,18+. The van der Waals surface area contributed by atoms with Crippen molar-refractivity contribution >= 4 is 17.7 Å². The zero-order valence-electron chi connectivity index (χ0n) is 19.1. The quantitative estimate of drug-likeness (QED) is 0.669. The molecule has 0 aliphatic heterocycles. The largest absolute Gasteiger partial charge is 0.497 e. The van der Waals surface area contributed by atoms with E-state index in [1.165, 1.54) is 0 Å². The summed E-state index contributed by atoms with van der Waals surface area (Å²) in [6, 6.07) is 7.88. The van der Waals surface area contributed by atoms with Crippen molar-refractivity contribution in [2.45, 2.75) is 45.2 Å². The van der Waals surface area contributed by atoms with Crippen molar-refractivity contribution in [3.8, 4) is 11.5 Å². The molecule has 168 valence electrons. The third-order valence-electron chi connectivity index (χ3n) is 5.61. The molecule has 8 heteroatoms. The number of hydrogen-bond donors (Lipinski definition) is 2. The van der Waals surface area contributed by atoms with Gasteiger partial charge in [0.1, 0.15) is 17.3 Å². The second-order valence-electron chi connectivity index (χ2n) is 8.22. The van der Waals surface area contributed by atoms with E-state index in [1.54, 1.807) is 14.2 Å². The van der Waals surface area contributed by atoms with E-state index in [1.807, 2.05) is 50.2 Å². The molecule has 1 aliphatic carbocycles. The smallest absolute Gasteiger partial charge is 0.225 e. The van der Waals surface area contributed by atoms with Crippen LogP contribution >= 0.6 is 0 Å². The van der Waals surface area contributed by atoms with Crippen molar-refractivity contribution in [3.63, 3.8) is 0 Å². The number of methoxy groups -OCH3 is 2. The molecule has 1 fully saturated rings. The topological polar surface area (TPSA) is 88.6 Å². The van der Waals surface area contributed by atoms with E-state index in [4.69, 9.17) is 9.47 Å². The zero-order chi connectivity index (χ0) is 22.4. The lowest BCUT2D eigenvalue weighted by Crippen LogP contribution is -2.36. The minimum atomic E-state index is 0.0290. The number of nitrogens with one attached hydrogen (secondary N) is 2. The summed E-state index contributed by atoms with van der Waals surface area (Å²) in [5.74, 6) is 3.10. The van der Waals surface area contributed by atoms with E-state index < -0.39 is 0 Å². The molecule has 0 atom stereocenters. The highest BCUT2D eigenvalue weighted by atomic mass is 16.5. The van der Waals surface area contributed by atoms with Crippen LogP contribution in [-0.4, -0.2) is 50.2 Å². The molecule has 2 N–H and O–H groups in total. The molecule has 0 bridgehead atoms. The van der Waals surface area contributed by atoms with Crippen LogP contribution in [0.25, 0.3) is 0 Å². The third-order valence-corrected chi connectivity index (χ3v) is 5.61. The van der Waals surface area contributed by atoms with E-state index in [9.17, 15) is 4.79 Å². The van der Waals surface area contributed by atoms with Gasteiger partial charge in [0.15, 0.2) is 0 Å². The summed E-state index contributed by atoms with van der Waals surface area (Å²) in [5.41, 5.74) is 1.89. The molecule has 1 aromatic heterocycles. The van der Waals surface area contributed by atoms with Gasteiger partial charge in [0.05, 0.1) is 14.2 Å². The van der Waals surface area contributed by atoms with Gasteiger partial charge in [-0.1, -0.05) is 0 Å². The molecule has 1 amide bonds. The minimum absolute atomic E-state index is 0.0290. The second-order valence-corrected chi connectivity index (χ2v) is 8.22. The van der Waals surface area contributed by atoms with E-state index in [2.05, 4.69) is 20.6 Å². The van der Waals surface area contributed by atoms with Crippen molar-refractivity contribution in [2.24, 2.45) is 5.92 Å². The van der Waals surface area contributed by atoms with Gasteiger partial charge in [-0.05, 0) is 50.3 Å². The molecule has 1 aromatic carbocycles. The van der Waals surface area contributed by atoms with Gasteiger partial charge in [-0.25, -0.2) is 4.98 Å². The Morgan fingerprint density at radius 3 is 2.26 bits per heavy atom. The van der Waals surface area contributed by atoms with Gasteiger partial charge in [-0.3, -0.25) is 4.79 Å². The lowest BCUT2D eigenvalue weighted by molar-refractivity contribution is -0.126. The SMILES string of the molecule is COc1cc(CNC(=O)[C@H]2CC[C@@H](Nc3nc(C)cc(N(C)C)n3)CC2)cc(OC)c1. The van der Waals surface area contributed by atoms with Crippen LogP contribution < -0.4 is 25.0 Å². The van der Waals surface area contributed by atoms with Crippen LogP contribution in [0.2, 0.25) is 0 Å². The number of nitrogens with zero attached hydrogens (tertiary/aromatic N) is 3. The summed E-state index contributed by atoms with van der Waals surface area (Å²) in [7, 11) is 7.17. The molecule has 1 aliphatic rings. The zero-order valence-corrected chi connectivity index (χ0v) is 19.1. The Kier molecular flexibility index (Phi) is 7.55. The number of carbonyl (C=O) groups is 1. The van der Waals surface area contributed by atoms with Crippen LogP contribution in [0.3, 0.4) is 0 Å². The Morgan fingerprint density at radius 2 is 1.68 bits per heavy atom. The number of amides is 1. The first kappa shape index (κ1) is 22.7. The number of hydrogen-bond acceptors (Lipinski definition) is 7. The fraction of sp³-hybridized carbons (Fsp3) is 0.522. The summed E-state index contributed by atoms with van der Waals surface area (Å²) >= 11 is 0. The lowest BCUT2D eigenvalue weighted by atomic mass is 9.85. The number of aromatic nitrogens is 2. The number of aryl methyl sites for hydroxylation is 1. The Bertz CT molecular complexity index is 873. The monoisotopic (exact) mass is 427 g/mol. The molecule has 0 saturated heterocycles. The van der Waals surface area contributed by atoms with Gasteiger partial charge < -0.3 is 25.0 Å². The van der Waals surface area contributed by atoms with Crippen LogP contribution in [0.4, 0.5) is 11.8 Å². The van der Waals surface area contributed by atoms with Crippen LogP contribution in [0.5, 0.6) is 11.5 Å². The summed E-state index contributed by atoms with van der Waals surface area (Å²) < 4.78 is 10.6. The molecule has 1 saturated carbocycles. The normalized spacial score (nSPS) is 18.2. The van der Waals surface area contributed by atoms with Crippen molar-refractivity contribution < 1.29 is 14.3 Å². The summed E-state index contributed by atoms with van der Waals surface area (Å²) in [4.78, 5) is 23.7. The number of anilines is 2. The summed E-state index contributed by atoms with van der Waals surface area (Å²) in [6.07, 6.45) is 3.52. The molecular weight excluding hydrogens is 394 g/mol. The molecule has 0 unspecified atom stereocenters. The van der Waals surface area contributed by atoms with Gasteiger partial charge >= 0.3 is 0 Å². The number of ether oxygens (including phenoxy) is 2. The Hall–Kier alpha value is -3.03. The predicted molar refractivity (Wildman–Crippen MR) is 122 cm³/mol. The highest BCUT2D eigenvalue weighted by molar-refractivity contribution is 5.78. The maximum absolute atomic E-state index is 12.7. The van der Waals surface area contributed by atoms with Crippen LogP contribution in [0.15, 0.2) is 24.3 Å². The van der Waals surface area contributed by atoms with Gasteiger partial charge in [0, 0.05) is 50.4 Å². The van der Waals surface area contributed by atoms with Crippen LogP contribution in [-0.2, 0) is 11.3 Å². The Balaban J connectivity index is 1.50. The first-order valence-corrected chi connectivity index (χ1v) is 10.7. The van der Waals surface area contributed by atoms with Crippen molar-refractivity contribution in [3.05, 3.63) is 35.5 Å². The fourth-order valence-corrected chi connectivity index (χ4v) is 3.83. The van der Waals surface area contributed by atoms with Gasteiger partial charge in [0.25, 0.3) is 0 Å². The molecule has 8 nitrogen and oxygen atoms in total. The van der Waals surface area contributed by atoms with E-state index in [-0.39, 0.29) is 17.9 Å². The molecule has 2 aromatic rings. The molecule has 3 rings (SSSR count). The van der Waals surface area contributed by atoms with E-state index >= 15 is 0 Å². The molecule has 0 radical (unpaired) electrons.